The predicted molar refractivity (Wildman–Crippen MR) is 131 cm³/mol. The third-order valence-corrected chi connectivity index (χ3v) is 7.87. The van der Waals surface area contributed by atoms with Crippen molar-refractivity contribution >= 4 is 40.7 Å². The monoisotopic (exact) mass is 497 g/mol. The number of nitrogens with zero attached hydrogens (tertiary/aromatic N) is 1. The van der Waals surface area contributed by atoms with Gasteiger partial charge in [-0.2, -0.15) is 0 Å². The number of para-hydroxylation sites is 2. The van der Waals surface area contributed by atoms with Gasteiger partial charge in [0.2, 0.25) is 17.7 Å². The van der Waals surface area contributed by atoms with Crippen molar-refractivity contribution in [2.24, 2.45) is 11.8 Å². The number of anilines is 2. The van der Waals surface area contributed by atoms with Gasteiger partial charge in [0, 0.05) is 18.8 Å². The van der Waals surface area contributed by atoms with E-state index < -0.39 is 35.0 Å². The van der Waals surface area contributed by atoms with Gasteiger partial charge in [-0.15, -0.1) is 0 Å². The molecule has 0 aliphatic carbocycles. The highest BCUT2D eigenvalue weighted by atomic mass is 35.5. The summed E-state index contributed by atoms with van der Waals surface area (Å²) in [6.07, 6.45) is 1.33. The number of amides is 3. The number of nitrogens with one attached hydrogen (secondary N) is 2. The molecule has 2 aromatic carbocycles. The van der Waals surface area contributed by atoms with Crippen molar-refractivity contribution < 1.29 is 24.2 Å². The Hall–Kier alpha value is -2.94. The number of aliphatic hydroxyl groups excluding tert-OH is 1. The van der Waals surface area contributed by atoms with Gasteiger partial charge < -0.3 is 25.4 Å². The first-order valence-corrected chi connectivity index (χ1v) is 12.2. The van der Waals surface area contributed by atoms with Crippen molar-refractivity contribution in [3.05, 3.63) is 59.6 Å². The third-order valence-electron chi connectivity index (χ3n) is 7.54. The molecule has 3 fully saturated rings. The molecule has 2 bridgehead atoms. The van der Waals surface area contributed by atoms with Gasteiger partial charge in [-0.3, -0.25) is 14.4 Å². The fraction of sp³-hybridized carbons (Fsp3) is 0.423. The van der Waals surface area contributed by atoms with Gasteiger partial charge in [0.15, 0.2) is 0 Å². The van der Waals surface area contributed by atoms with Gasteiger partial charge in [0.1, 0.15) is 11.6 Å². The number of hydrogen-bond donors (Lipinski definition) is 3. The summed E-state index contributed by atoms with van der Waals surface area (Å²) in [5.41, 5.74) is -0.935. The zero-order valence-electron chi connectivity index (χ0n) is 19.4. The molecule has 184 valence electrons. The zero-order valence-corrected chi connectivity index (χ0v) is 20.1. The molecule has 3 saturated heterocycles. The number of halogens is 1. The van der Waals surface area contributed by atoms with Gasteiger partial charge in [-0.05, 0) is 50.5 Å². The Labute approximate surface area is 208 Å². The minimum Gasteiger partial charge on any atom is -0.396 e. The lowest BCUT2D eigenvalue weighted by atomic mass is 9.66. The maximum Gasteiger partial charge on any atom is 0.250 e. The van der Waals surface area contributed by atoms with Crippen molar-refractivity contribution in [3.63, 3.8) is 0 Å². The van der Waals surface area contributed by atoms with Crippen LogP contribution in [-0.4, -0.2) is 58.1 Å². The zero-order chi connectivity index (χ0) is 24.8. The molecule has 3 heterocycles. The second-order valence-corrected chi connectivity index (χ2v) is 10.1. The molecule has 3 amide bonds. The summed E-state index contributed by atoms with van der Waals surface area (Å²) >= 11 is 6.26. The fourth-order valence-electron chi connectivity index (χ4n) is 6.11. The predicted octanol–water partition coefficient (Wildman–Crippen LogP) is 3.06. The number of carbonyl (C=O) groups is 3. The fourth-order valence-corrected chi connectivity index (χ4v) is 6.30. The average molecular weight is 498 g/mol. The smallest absolute Gasteiger partial charge is 0.250 e. The Bertz CT molecular complexity index is 1160. The summed E-state index contributed by atoms with van der Waals surface area (Å²) in [6.45, 7) is 1.90. The number of hydrogen-bond acceptors (Lipinski definition) is 5. The summed E-state index contributed by atoms with van der Waals surface area (Å²) in [5, 5.41) is 15.6. The molecule has 1 spiro atoms. The van der Waals surface area contributed by atoms with E-state index in [0.717, 1.165) is 0 Å². The van der Waals surface area contributed by atoms with Crippen LogP contribution in [0.25, 0.3) is 0 Å². The third kappa shape index (κ3) is 3.80. The first-order valence-electron chi connectivity index (χ1n) is 11.8. The van der Waals surface area contributed by atoms with Crippen LogP contribution in [0.2, 0.25) is 5.02 Å². The Morgan fingerprint density at radius 2 is 1.80 bits per heavy atom. The van der Waals surface area contributed by atoms with Crippen LogP contribution in [0, 0.1) is 11.8 Å². The van der Waals surface area contributed by atoms with E-state index in [2.05, 4.69) is 10.6 Å². The van der Waals surface area contributed by atoms with Crippen LogP contribution in [0.5, 0.6) is 0 Å². The SMILES string of the molecule is C[C@@]12CCC3(O1)C(C(=O)Nc1ccccc1Cl)N(CCCO)C(=O)[C@@H]3[C@@H]2C(=O)Nc1ccccc1. The second-order valence-electron chi connectivity index (χ2n) is 9.66. The number of ether oxygens (including phenoxy) is 1. The Morgan fingerprint density at radius 3 is 2.51 bits per heavy atom. The molecule has 2 unspecified atom stereocenters. The molecule has 3 aliphatic rings. The number of fused-ring (bicyclic) bond motifs is 1. The van der Waals surface area contributed by atoms with Crippen molar-refractivity contribution in [1.29, 1.82) is 0 Å². The normalized spacial score (nSPS) is 30.9. The quantitative estimate of drug-likeness (QED) is 0.545. The van der Waals surface area contributed by atoms with Crippen molar-refractivity contribution in [2.45, 2.75) is 43.4 Å². The standard InChI is InChI=1S/C26H28ClN3O5/c1-25-12-13-26(35-25)20(19(25)22(32)28-16-8-3-2-4-9-16)24(34)30(14-7-15-31)21(26)23(33)29-18-11-6-5-10-17(18)27/h2-6,8-11,19-21,31H,7,12-15H2,1H3,(H,28,32)(H,29,33)/t19-,20+,21?,25+,26?/m1/s1. The molecule has 8 nitrogen and oxygen atoms in total. The number of likely N-dealkylation sites (tertiary alicyclic amines) is 1. The van der Waals surface area contributed by atoms with Crippen molar-refractivity contribution in [1.82, 2.24) is 4.90 Å². The van der Waals surface area contributed by atoms with E-state index in [9.17, 15) is 19.5 Å². The van der Waals surface area contributed by atoms with Crippen LogP contribution < -0.4 is 10.6 Å². The summed E-state index contributed by atoms with van der Waals surface area (Å²) < 4.78 is 6.55. The highest BCUT2D eigenvalue weighted by Gasteiger charge is 2.77. The summed E-state index contributed by atoms with van der Waals surface area (Å²) in [7, 11) is 0. The minimum absolute atomic E-state index is 0.128. The van der Waals surface area contributed by atoms with Crippen LogP contribution in [0.15, 0.2) is 54.6 Å². The van der Waals surface area contributed by atoms with E-state index in [1.54, 1.807) is 36.4 Å². The number of rotatable bonds is 7. The van der Waals surface area contributed by atoms with E-state index in [0.29, 0.717) is 35.7 Å². The number of carbonyl (C=O) groups excluding carboxylic acids is 3. The molecule has 35 heavy (non-hydrogen) atoms. The molecule has 5 atom stereocenters. The lowest BCUT2D eigenvalue weighted by molar-refractivity contribution is -0.143. The van der Waals surface area contributed by atoms with Gasteiger partial charge in [0.25, 0.3) is 0 Å². The van der Waals surface area contributed by atoms with Gasteiger partial charge in [-0.1, -0.05) is 41.9 Å². The van der Waals surface area contributed by atoms with Crippen LogP contribution in [0.4, 0.5) is 11.4 Å². The highest BCUT2D eigenvalue weighted by Crippen LogP contribution is 2.63. The Morgan fingerprint density at radius 1 is 1.09 bits per heavy atom. The van der Waals surface area contributed by atoms with Crippen LogP contribution >= 0.6 is 11.6 Å². The topological polar surface area (TPSA) is 108 Å². The number of benzene rings is 2. The molecule has 0 radical (unpaired) electrons. The molecule has 5 rings (SSSR count). The van der Waals surface area contributed by atoms with E-state index in [1.165, 1.54) is 4.90 Å². The van der Waals surface area contributed by atoms with Crippen LogP contribution in [0.1, 0.15) is 26.2 Å². The summed E-state index contributed by atoms with van der Waals surface area (Å²) in [5.74, 6) is -2.56. The maximum absolute atomic E-state index is 13.8. The first-order chi connectivity index (χ1) is 16.8. The summed E-state index contributed by atoms with van der Waals surface area (Å²) in [4.78, 5) is 42.5. The van der Waals surface area contributed by atoms with E-state index in [1.807, 2.05) is 25.1 Å². The summed E-state index contributed by atoms with van der Waals surface area (Å²) in [6, 6.07) is 15.0. The molecule has 3 aliphatic heterocycles. The molecular weight excluding hydrogens is 470 g/mol. The minimum atomic E-state index is -1.13. The molecular formula is C26H28ClN3O5. The van der Waals surface area contributed by atoms with E-state index in [4.69, 9.17) is 16.3 Å². The van der Waals surface area contributed by atoms with Gasteiger partial charge >= 0.3 is 0 Å². The Balaban J connectivity index is 1.50. The largest absolute Gasteiger partial charge is 0.396 e. The molecule has 9 heteroatoms. The lowest BCUT2D eigenvalue weighted by Crippen LogP contribution is -2.53. The van der Waals surface area contributed by atoms with Crippen LogP contribution in [0.3, 0.4) is 0 Å². The van der Waals surface area contributed by atoms with E-state index in [-0.39, 0.29) is 25.0 Å². The average Bonchev–Trinajstić information content (AvgIpc) is 3.40. The van der Waals surface area contributed by atoms with Crippen LogP contribution in [-0.2, 0) is 19.1 Å². The van der Waals surface area contributed by atoms with E-state index >= 15 is 0 Å². The van der Waals surface area contributed by atoms with Crippen molar-refractivity contribution in [2.75, 3.05) is 23.8 Å². The van der Waals surface area contributed by atoms with Gasteiger partial charge in [0.05, 0.1) is 28.1 Å². The number of aliphatic hydroxyl groups is 1. The molecule has 0 aromatic heterocycles. The second kappa shape index (κ2) is 8.93. The first kappa shape index (κ1) is 23.8. The highest BCUT2D eigenvalue weighted by molar-refractivity contribution is 6.33. The van der Waals surface area contributed by atoms with Crippen molar-refractivity contribution in [3.8, 4) is 0 Å². The maximum atomic E-state index is 13.8. The lowest BCUT2D eigenvalue weighted by Gasteiger charge is -2.33. The van der Waals surface area contributed by atoms with Gasteiger partial charge in [-0.25, -0.2) is 0 Å². The Kier molecular flexibility index (Phi) is 6.07. The molecule has 3 N–H and O–H groups in total. The molecule has 2 aromatic rings. The molecule has 0 saturated carbocycles.